The molecule has 0 aromatic rings. The van der Waals surface area contributed by atoms with Crippen LogP contribution in [0, 0.1) is 0 Å². The third-order valence-corrected chi connectivity index (χ3v) is 1.50. The molecule has 88 valence electrons. The Labute approximate surface area is 89.6 Å². The van der Waals surface area contributed by atoms with Crippen LogP contribution in [0.5, 0.6) is 0 Å². The van der Waals surface area contributed by atoms with Crippen molar-refractivity contribution in [2.24, 2.45) is 5.73 Å². The molecule has 0 aliphatic carbocycles. The molecule has 0 fully saturated rings. The molecule has 0 amide bonds. The second-order valence-corrected chi connectivity index (χ2v) is 2.90. The minimum atomic E-state index is -1.13. The zero-order chi connectivity index (χ0) is 12.4. The summed E-state index contributed by atoms with van der Waals surface area (Å²) in [7, 11) is 0. The first-order chi connectivity index (χ1) is 6.93. The van der Waals surface area contributed by atoms with Crippen LogP contribution in [0.3, 0.4) is 0 Å². The highest BCUT2D eigenvalue weighted by Gasteiger charge is 2.13. The average Bonchev–Trinajstić information content (AvgIpc) is 2.16. The van der Waals surface area contributed by atoms with Crippen molar-refractivity contribution in [1.29, 1.82) is 0 Å². The third kappa shape index (κ3) is 10.7. The summed E-state index contributed by atoms with van der Waals surface area (Å²) in [5.41, 5.74) is 5.16. The number of aliphatic carboxylic acids is 1. The van der Waals surface area contributed by atoms with Gasteiger partial charge in [0.15, 0.2) is 0 Å². The van der Waals surface area contributed by atoms with Crippen molar-refractivity contribution in [2.45, 2.75) is 46.1 Å². The number of ketones is 2. The summed E-state index contributed by atoms with van der Waals surface area (Å²) in [4.78, 5) is 31.6. The van der Waals surface area contributed by atoms with Crippen molar-refractivity contribution in [3.8, 4) is 0 Å². The van der Waals surface area contributed by atoms with Crippen LogP contribution in [0.2, 0.25) is 0 Å². The van der Waals surface area contributed by atoms with Crippen molar-refractivity contribution < 1.29 is 19.5 Å². The maximum Gasteiger partial charge on any atom is 0.320 e. The van der Waals surface area contributed by atoms with E-state index in [1.165, 1.54) is 6.92 Å². The molecule has 0 aromatic heterocycles. The number of hydrogen-bond donors (Lipinski definition) is 2. The predicted molar refractivity (Wildman–Crippen MR) is 56.5 cm³/mol. The Bertz CT molecular complexity index is 225. The molecule has 0 saturated carbocycles. The van der Waals surface area contributed by atoms with Gasteiger partial charge in [0.25, 0.3) is 0 Å². The fourth-order valence-electron chi connectivity index (χ4n) is 0.806. The van der Waals surface area contributed by atoms with Crippen LogP contribution >= 0.6 is 0 Å². The van der Waals surface area contributed by atoms with Crippen LogP contribution < -0.4 is 5.73 Å². The van der Waals surface area contributed by atoms with E-state index in [-0.39, 0.29) is 30.8 Å². The molecule has 5 nitrogen and oxygen atoms in total. The molecule has 0 heterocycles. The molecule has 0 saturated heterocycles. The third-order valence-electron chi connectivity index (χ3n) is 1.50. The van der Waals surface area contributed by atoms with E-state index >= 15 is 0 Å². The standard InChI is InChI=1S/C8H13NO4.C2H6/c1-5(10)4-6(11)2-3-7(9)8(12)13;1-2/h7H,2-4,9H2,1H3,(H,12,13);1-2H3. The second kappa shape index (κ2) is 9.33. The van der Waals surface area contributed by atoms with Crippen molar-refractivity contribution in [3.05, 3.63) is 0 Å². The number of carboxylic acids is 1. The van der Waals surface area contributed by atoms with Gasteiger partial charge in [-0.3, -0.25) is 14.4 Å². The van der Waals surface area contributed by atoms with Crippen molar-refractivity contribution in [3.63, 3.8) is 0 Å². The maximum absolute atomic E-state index is 10.9. The van der Waals surface area contributed by atoms with Gasteiger partial charge in [-0.1, -0.05) is 13.8 Å². The van der Waals surface area contributed by atoms with Crippen LogP contribution in [0.25, 0.3) is 0 Å². The fourth-order valence-corrected chi connectivity index (χ4v) is 0.806. The smallest absolute Gasteiger partial charge is 0.320 e. The Kier molecular flexibility index (Phi) is 10.1. The predicted octanol–water partition coefficient (Wildman–Crippen LogP) is 0.753. The van der Waals surface area contributed by atoms with Crippen molar-refractivity contribution >= 4 is 17.5 Å². The summed E-state index contributed by atoms with van der Waals surface area (Å²) < 4.78 is 0. The number of carbonyl (C=O) groups excluding carboxylic acids is 2. The first kappa shape index (κ1) is 16.2. The zero-order valence-corrected chi connectivity index (χ0v) is 9.45. The molecular weight excluding hydrogens is 198 g/mol. The van der Waals surface area contributed by atoms with Gasteiger partial charge in [-0.05, 0) is 13.3 Å². The van der Waals surface area contributed by atoms with Crippen LogP contribution in [-0.4, -0.2) is 28.7 Å². The molecule has 0 radical (unpaired) electrons. The van der Waals surface area contributed by atoms with Gasteiger partial charge >= 0.3 is 5.97 Å². The molecule has 5 heteroatoms. The molecule has 0 bridgehead atoms. The number of nitrogens with two attached hydrogens (primary N) is 1. The minimum Gasteiger partial charge on any atom is -0.480 e. The lowest BCUT2D eigenvalue weighted by Gasteiger charge is -2.03. The molecule has 0 rings (SSSR count). The topological polar surface area (TPSA) is 97.5 Å². The van der Waals surface area contributed by atoms with E-state index in [1.807, 2.05) is 13.8 Å². The van der Waals surface area contributed by atoms with Crippen LogP contribution in [0.4, 0.5) is 0 Å². The van der Waals surface area contributed by atoms with E-state index in [4.69, 9.17) is 10.8 Å². The van der Waals surface area contributed by atoms with Gasteiger partial charge in [-0.25, -0.2) is 0 Å². The van der Waals surface area contributed by atoms with Gasteiger partial charge < -0.3 is 10.8 Å². The SMILES string of the molecule is CC.CC(=O)CC(=O)CCC(N)C(=O)O. The molecule has 1 unspecified atom stereocenters. The molecule has 0 aliphatic heterocycles. The van der Waals surface area contributed by atoms with E-state index in [9.17, 15) is 14.4 Å². The van der Waals surface area contributed by atoms with Gasteiger partial charge in [0.05, 0.1) is 6.42 Å². The zero-order valence-electron chi connectivity index (χ0n) is 9.45. The van der Waals surface area contributed by atoms with Gasteiger partial charge in [0, 0.05) is 6.42 Å². The number of hydrogen-bond acceptors (Lipinski definition) is 4. The van der Waals surface area contributed by atoms with E-state index in [1.54, 1.807) is 0 Å². The Morgan fingerprint density at radius 1 is 1.27 bits per heavy atom. The number of Topliss-reactive ketones (excluding diaryl/α,β-unsaturated/α-hetero) is 2. The highest BCUT2D eigenvalue weighted by atomic mass is 16.4. The Morgan fingerprint density at radius 3 is 2.07 bits per heavy atom. The first-order valence-corrected chi connectivity index (χ1v) is 4.93. The fraction of sp³-hybridized carbons (Fsp3) is 0.700. The van der Waals surface area contributed by atoms with Crippen LogP contribution in [0.1, 0.15) is 40.0 Å². The van der Waals surface area contributed by atoms with Crippen LogP contribution in [-0.2, 0) is 14.4 Å². The van der Waals surface area contributed by atoms with E-state index in [2.05, 4.69) is 0 Å². The normalized spacial score (nSPS) is 10.9. The molecule has 0 aliphatic rings. The highest BCUT2D eigenvalue weighted by molar-refractivity contribution is 5.98. The maximum atomic E-state index is 10.9. The van der Waals surface area contributed by atoms with E-state index in [0.29, 0.717) is 0 Å². The minimum absolute atomic E-state index is 0.0487. The summed E-state index contributed by atoms with van der Waals surface area (Å²) >= 11 is 0. The average molecular weight is 217 g/mol. The van der Waals surface area contributed by atoms with Gasteiger partial charge in [-0.2, -0.15) is 0 Å². The lowest BCUT2D eigenvalue weighted by atomic mass is 10.1. The second-order valence-electron chi connectivity index (χ2n) is 2.90. The number of carbonyl (C=O) groups is 3. The van der Waals surface area contributed by atoms with Crippen molar-refractivity contribution in [1.82, 2.24) is 0 Å². The van der Waals surface area contributed by atoms with E-state index < -0.39 is 12.0 Å². The monoisotopic (exact) mass is 217 g/mol. The van der Waals surface area contributed by atoms with Gasteiger partial charge in [0.1, 0.15) is 17.6 Å². The molecular formula is C10H19NO4. The molecule has 3 N–H and O–H groups in total. The van der Waals surface area contributed by atoms with Crippen LogP contribution in [0.15, 0.2) is 0 Å². The van der Waals surface area contributed by atoms with Gasteiger partial charge in [-0.15, -0.1) is 0 Å². The Hall–Kier alpha value is -1.23. The summed E-state index contributed by atoms with van der Waals surface area (Å²) in [6.45, 7) is 5.31. The molecule has 1 atom stereocenters. The van der Waals surface area contributed by atoms with Crippen molar-refractivity contribution in [2.75, 3.05) is 0 Å². The highest BCUT2D eigenvalue weighted by Crippen LogP contribution is 1.99. The van der Waals surface area contributed by atoms with Gasteiger partial charge in [0.2, 0.25) is 0 Å². The largest absolute Gasteiger partial charge is 0.480 e. The summed E-state index contributed by atoms with van der Waals surface area (Å²) in [6, 6.07) is -1.02. The summed E-state index contributed by atoms with van der Waals surface area (Å²) in [6.07, 6.45) is 0.000826. The molecule has 0 spiro atoms. The Morgan fingerprint density at radius 2 is 1.73 bits per heavy atom. The lowest BCUT2D eigenvalue weighted by molar-refractivity contribution is -0.138. The molecule has 15 heavy (non-hydrogen) atoms. The summed E-state index contributed by atoms with van der Waals surface area (Å²) in [5.74, 6) is -1.60. The summed E-state index contributed by atoms with van der Waals surface area (Å²) in [5, 5.41) is 8.37. The number of rotatable bonds is 6. The lowest BCUT2D eigenvalue weighted by Crippen LogP contribution is -2.30. The number of carboxylic acid groups (broad SMARTS) is 1. The first-order valence-electron chi connectivity index (χ1n) is 4.93. The Balaban J connectivity index is 0. The quantitative estimate of drug-likeness (QED) is 0.640. The van der Waals surface area contributed by atoms with E-state index in [0.717, 1.165) is 0 Å². The molecule has 0 aromatic carbocycles.